The molecule has 0 aliphatic rings. The van der Waals surface area contributed by atoms with E-state index in [-0.39, 0.29) is 17.9 Å². The highest BCUT2D eigenvalue weighted by Gasteiger charge is 2.26. The summed E-state index contributed by atoms with van der Waals surface area (Å²) in [6.07, 6.45) is 0.122. The molecule has 0 aliphatic heterocycles. The van der Waals surface area contributed by atoms with Crippen LogP contribution in [-0.2, 0) is 11.3 Å². The van der Waals surface area contributed by atoms with Gasteiger partial charge in [0.2, 0.25) is 0 Å². The first-order valence-electron chi connectivity index (χ1n) is 5.98. The Morgan fingerprint density at radius 2 is 1.89 bits per heavy atom. The largest absolute Gasteiger partial charge is 0.481 e. The number of nitrogens with one attached hydrogen (secondary N) is 1. The topological polar surface area (TPSA) is 49.3 Å². The molecule has 0 spiro atoms. The Bertz CT molecular complexity index is 395. The molecule has 0 radical (unpaired) electrons. The van der Waals surface area contributed by atoms with Gasteiger partial charge >= 0.3 is 5.97 Å². The second kappa shape index (κ2) is 6.21. The van der Waals surface area contributed by atoms with E-state index in [9.17, 15) is 4.79 Å². The average Bonchev–Trinajstić information content (AvgIpc) is 2.24. The van der Waals surface area contributed by atoms with Crippen LogP contribution >= 0.6 is 11.6 Å². The van der Waals surface area contributed by atoms with Gasteiger partial charge in [-0.3, -0.25) is 4.79 Å². The van der Waals surface area contributed by atoms with Crippen molar-refractivity contribution in [2.24, 2.45) is 5.41 Å². The first-order valence-corrected chi connectivity index (χ1v) is 6.36. The van der Waals surface area contributed by atoms with Crippen LogP contribution in [0.15, 0.2) is 24.3 Å². The predicted octanol–water partition coefficient (Wildman–Crippen LogP) is 3.32. The second-order valence-electron chi connectivity index (χ2n) is 5.52. The summed E-state index contributed by atoms with van der Waals surface area (Å²) in [6.45, 7) is 6.76. The van der Waals surface area contributed by atoms with Crippen LogP contribution in [0.3, 0.4) is 0 Å². The molecule has 0 fully saturated rings. The van der Waals surface area contributed by atoms with Gasteiger partial charge in [0.05, 0.1) is 6.42 Å². The number of aliphatic carboxylic acids is 1. The van der Waals surface area contributed by atoms with E-state index in [1.54, 1.807) is 0 Å². The molecule has 1 aromatic rings. The molecule has 18 heavy (non-hydrogen) atoms. The van der Waals surface area contributed by atoms with Crippen LogP contribution in [0.25, 0.3) is 0 Å². The van der Waals surface area contributed by atoms with Gasteiger partial charge in [-0.15, -0.1) is 0 Å². The summed E-state index contributed by atoms with van der Waals surface area (Å²) in [7, 11) is 0. The lowest BCUT2D eigenvalue weighted by atomic mass is 9.84. The maximum atomic E-state index is 10.9. The molecule has 2 N–H and O–H groups in total. The Kier molecular flexibility index (Phi) is 5.17. The molecule has 0 saturated carbocycles. The van der Waals surface area contributed by atoms with Gasteiger partial charge in [0, 0.05) is 17.6 Å². The molecule has 0 amide bonds. The van der Waals surface area contributed by atoms with Crippen LogP contribution in [0, 0.1) is 5.41 Å². The normalized spacial score (nSPS) is 13.3. The van der Waals surface area contributed by atoms with Crippen molar-refractivity contribution in [1.82, 2.24) is 5.32 Å². The molecule has 0 saturated heterocycles. The van der Waals surface area contributed by atoms with E-state index in [1.165, 1.54) is 0 Å². The third kappa shape index (κ3) is 5.07. The molecule has 4 heteroatoms. The average molecular weight is 270 g/mol. The monoisotopic (exact) mass is 269 g/mol. The lowest BCUT2D eigenvalue weighted by Crippen LogP contribution is -2.41. The molecule has 0 aliphatic carbocycles. The third-order valence-electron chi connectivity index (χ3n) is 2.89. The van der Waals surface area contributed by atoms with Crippen molar-refractivity contribution in [3.63, 3.8) is 0 Å². The van der Waals surface area contributed by atoms with Gasteiger partial charge in [-0.1, -0.05) is 44.5 Å². The first-order chi connectivity index (χ1) is 8.29. The number of hydrogen-bond donors (Lipinski definition) is 2. The zero-order valence-corrected chi connectivity index (χ0v) is 11.8. The van der Waals surface area contributed by atoms with Crippen LogP contribution in [-0.4, -0.2) is 17.1 Å². The molecule has 1 unspecified atom stereocenters. The first kappa shape index (κ1) is 15.0. The highest BCUT2D eigenvalue weighted by Crippen LogP contribution is 2.22. The van der Waals surface area contributed by atoms with E-state index in [0.717, 1.165) is 5.56 Å². The van der Waals surface area contributed by atoms with Crippen molar-refractivity contribution < 1.29 is 9.90 Å². The summed E-state index contributed by atoms with van der Waals surface area (Å²) in [5, 5.41) is 12.9. The fraction of sp³-hybridized carbons (Fsp3) is 0.500. The molecule has 0 heterocycles. The number of rotatable bonds is 5. The molecule has 1 rings (SSSR count). The smallest absolute Gasteiger partial charge is 0.304 e. The van der Waals surface area contributed by atoms with Crippen LogP contribution < -0.4 is 5.32 Å². The number of carbonyl (C=O) groups is 1. The van der Waals surface area contributed by atoms with Gasteiger partial charge < -0.3 is 10.4 Å². The molecule has 0 aromatic heterocycles. The van der Waals surface area contributed by atoms with Crippen molar-refractivity contribution in [1.29, 1.82) is 0 Å². The highest BCUT2D eigenvalue weighted by atomic mass is 35.5. The molecular formula is C14H20ClNO2. The molecule has 100 valence electrons. The number of carboxylic acid groups (broad SMARTS) is 1. The summed E-state index contributed by atoms with van der Waals surface area (Å²) < 4.78 is 0. The summed E-state index contributed by atoms with van der Waals surface area (Å²) in [6, 6.07) is 7.49. The van der Waals surface area contributed by atoms with Gasteiger partial charge in [-0.25, -0.2) is 0 Å². The van der Waals surface area contributed by atoms with Crippen molar-refractivity contribution in [2.75, 3.05) is 0 Å². The van der Waals surface area contributed by atoms with E-state index in [2.05, 4.69) is 5.32 Å². The zero-order valence-electron chi connectivity index (χ0n) is 11.0. The molecule has 1 atom stereocenters. The minimum absolute atomic E-state index is 0.0642. The van der Waals surface area contributed by atoms with Gasteiger partial charge in [0.1, 0.15) is 0 Å². The van der Waals surface area contributed by atoms with Crippen molar-refractivity contribution >= 4 is 17.6 Å². The quantitative estimate of drug-likeness (QED) is 0.862. The van der Waals surface area contributed by atoms with Crippen LogP contribution in [0.1, 0.15) is 32.8 Å². The zero-order chi connectivity index (χ0) is 13.8. The molecular weight excluding hydrogens is 250 g/mol. The van der Waals surface area contributed by atoms with E-state index in [4.69, 9.17) is 16.7 Å². The Hall–Kier alpha value is -1.06. The number of carboxylic acids is 1. The van der Waals surface area contributed by atoms with E-state index in [0.29, 0.717) is 11.6 Å². The van der Waals surface area contributed by atoms with Gasteiger partial charge in [-0.2, -0.15) is 0 Å². The molecule has 3 nitrogen and oxygen atoms in total. The van der Waals surface area contributed by atoms with Gasteiger partial charge in [-0.05, 0) is 23.1 Å². The van der Waals surface area contributed by atoms with E-state index < -0.39 is 5.97 Å². The number of benzene rings is 1. The maximum absolute atomic E-state index is 10.9. The summed E-state index contributed by atoms with van der Waals surface area (Å²) in [5.74, 6) is -0.779. The third-order valence-corrected chi connectivity index (χ3v) is 3.14. The minimum Gasteiger partial charge on any atom is -0.481 e. The van der Waals surface area contributed by atoms with E-state index >= 15 is 0 Å². The fourth-order valence-corrected chi connectivity index (χ4v) is 1.83. The van der Waals surface area contributed by atoms with Gasteiger partial charge in [0.25, 0.3) is 0 Å². The molecule has 0 bridgehead atoms. The second-order valence-corrected chi connectivity index (χ2v) is 5.96. The van der Waals surface area contributed by atoms with E-state index in [1.807, 2.05) is 45.0 Å². The van der Waals surface area contributed by atoms with Crippen molar-refractivity contribution in [3.8, 4) is 0 Å². The lowest BCUT2D eigenvalue weighted by molar-refractivity contribution is -0.138. The standard InChI is InChI=1S/C14H20ClNO2/c1-14(2,3)12(8-13(17)18)16-9-10-4-6-11(15)7-5-10/h4-7,12,16H,8-9H2,1-3H3,(H,17,18). The fourth-order valence-electron chi connectivity index (χ4n) is 1.70. The van der Waals surface area contributed by atoms with Crippen molar-refractivity contribution in [3.05, 3.63) is 34.9 Å². The number of halogens is 1. The van der Waals surface area contributed by atoms with Gasteiger partial charge in [0.15, 0.2) is 0 Å². The Balaban J connectivity index is 2.62. The Morgan fingerprint density at radius 1 is 1.33 bits per heavy atom. The van der Waals surface area contributed by atoms with Crippen molar-refractivity contribution in [2.45, 2.75) is 39.8 Å². The SMILES string of the molecule is CC(C)(C)C(CC(=O)O)NCc1ccc(Cl)cc1. The highest BCUT2D eigenvalue weighted by molar-refractivity contribution is 6.30. The van der Waals surface area contributed by atoms with Crippen LogP contribution in [0.2, 0.25) is 5.02 Å². The summed E-state index contributed by atoms with van der Waals surface area (Å²) in [5.41, 5.74) is 1.00. The lowest BCUT2D eigenvalue weighted by Gasteiger charge is -2.30. The summed E-state index contributed by atoms with van der Waals surface area (Å²) in [4.78, 5) is 10.9. The Morgan fingerprint density at radius 3 is 2.33 bits per heavy atom. The number of hydrogen-bond acceptors (Lipinski definition) is 2. The summed E-state index contributed by atoms with van der Waals surface area (Å²) >= 11 is 5.82. The molecule has 1 aromatic carbocycles. The Labute approximate surface area is 113 Å². The van der Waals surface area contributed by atoms with Crippen LogP contribution in [0.5, 0.6) is 0 Å². The maximum Gasteiger partial charge on any atom is 0.304 e. The minimum atomic E-state index is -0.779. The van der Waals surface area contributed by atoms with Crippen LogP contribution in [0.4, 0.5) is 0 Å². The predicted molar refractivity (Wildman–Crippen MR) is 73.8 cm³/mol.